The van der Waals surface area contributed by atoms with Crippen LogP contribution in [0.25, 0.3) is 0 Å². The van der Waals surface area contributed by atoms with Crippen LogP contribution in [-0.4, -0.2) is 36.9 Å². The van der Waals surface area contributed by atoms with Crippen molar-refractivity contribution in [3.05, 3.63) is 48.2 Å². The minimum atomic E-state index is -0.406. The van der Waals surface area contributed by atoms with Crippen LogP contribution in [0.15, 0.2) is 42.6 Å². The van der Waals surface area contributed by atoms with Crippen molar-refractivity contribution in [2.45, 2.75) is 25.9 Å². The molecule has 0 spiro atoms. The first kappa shape index (κ1) is 17.2. The maximum atomic E-state index is 12.4. The van der Waals surface area contributed by atoms with Crippen LogP contribution in [0.1, 0.15) is 30.1 Å². The van der Waals surface area contributed by atoms with Crippen molar-refractivity contribution in [2.75, 3.05) is 25.1 Å². The third-order valence-electron chi connectivity index (χ3n) is 3.88. The normalized spacial score (nSPS) is 16.4. The van der Waals surface area contributed by atoms with Crippen LogP contribution >= 0.6 is 0 Å². The summed E-state index contributed by atoms with van der Waals surface area (Å²) >= 11 is 0. The van der Waals surface area contributed by atoms with Crippen LogP contribution in [0.5, 0.6) is 5.75 Å². The second-order valence-electron chi connectivity index (χ2n) is 5.72. The van der Waals surface area contributed by atoms with E-state index in [1.54, 1.807) is 18.3 Å². The smallest absolute Gasteiger partial charge is 0.342 e. The molecule has 0 bridgehead atoms. The van der Waals surface area contributed by atoms with Gasteiger partial charge in [-0.2, -0.15) is 0 Å². The Morgan fingerprint density at radius 1 is 1.32 bits per heavy atom. The zero-order valence-electron chi connectivity index (χ0n) is 14.2. The van der Waals surface area contributed by atoms with Gasteiger partial charge in [0.2, 0.25) is 0 Å². The van der Waals surface area contributed by atoms with Gasteiger partial charge in [0, 0.05) is 18.5 Å². The van der Waals surface area contributed by atoms with E-state index in [2.05, 4.69) is 10.3 Å². The van der Waals surface area contributed by atoms with Crippen LogP contribution in [-0.2, 0) is 9.47 Å². The van der Waals surface area contributed by atoms with E-state index in [0.29, 0.717) is 18.0 Å². The average molecular weight is 342 g/mol. The van der Waals surface area contributed by atoms with Gasteiger partial charge in [0.15, 0.2) is 0 Å². The summed E-state index contributed by atoms with van der Waals surface area (Å²) < 4.78 is 16.3. The summed E-state index contributed by atoms with van der Waals surface area (Å²) in [5.74, 6) is 0.853. The van der Waals surface area contributed by atoms with Gasteiger partial charge in [0.1, 0.15) is 23.7 Å². The number of anilines is 2. The van der Waals surface area contributed by atoms with Crippen molar-refractivity contribution in [2.24, 2.45) is 0 Å². The molecule has 1 aromatic carbocycles. The van der Waals surface area contributed by atoms with Gasteiger partial charge in [0.05, 0.1) is 12.7 Å². The molecule has 25 heavy (non-hydrogen) atoms. The Morgan fingerprint density at radius 3 is 2.88 bits per heavy atom. The molecule has 0 saturated carbocycles. The number of hydrogen-bond acceptors (Lipinski definition) is 6. The number of carbonyl (C=O) groups is 1. The molecule has 0 unspecified atom stereocenters. The number of esters is 1. The summed E-state index contributed by atoms with van der Waals surface area (Å²) in [5.41, 5.74) is 1.21. The third-order valence-corrected chi connectivity index (χ3v) is 3.88. The minimum absolute atomic E-state index is 0.00291. The molecule has 1 saturated heterocycles. The lowest BCUT2D eigenvalue weighted by atomic mass is 10.2. The van der Waals surface area contributed by atoms with Crippen LogP contribution in [0.3, 0.4) is 0 Å². The van der Waals surface area contributed by atoms with Crippen molar-refractivity contribution in [3.63, 3.8) is 0 Å². The quantitative estimate of drug-likeness (QED) is 0.776. The Morgan fingerprint density at radius 2 is 2.16 bits per heavy atom. The Hall–Kier alpha value is -2.60. The van der Waals surface area contributed by atoms with Gasteiger partial charge < -0.3 is 19.5 Å². The van der Waals surface area contributed by atoms with Crippen molar-refractivity contribution >= 4 is 17.5 Å². The standard InChI is InChI=1S/C19H22N2O4/c1-2-23-15-9-7-14(8-10-15)21-18-17(6-3-11-20-18)19(22)25-13-16-5-4-12-24-16/h3,6-11,16H,2,4-5,12-13H2,1H3,(H,20,21)/t16-/m1/s1. The molecule has 2 aromatic rings. The fourth-order valence-electron chi connectivity index (χ4n) is 2.63. The molecule has 132 valence electrons. The number of nitrogens with one attached hydrogen (secondary N) is 1. The lowest BCUT2D eigenvalue weighted by Gasteiger charge is -2.13. The molecule has 2 heterocycles. The molecule has 1 fully saturated rings. The first-order chi connectivity index (χ1) is 12.3. The molecule has 1 aromatic heterocycles. The topological polar surface area (TPSA) is 69.7 Å². The van der Waals surface area contributed by atoms with E-state index in [0.717, 1.165) is 30.9 Å². The van der Waals surface area contributed by atoms with Crippen LogP contribution in [0.4, 0.5) is 11.5 Å². The number of rotatable bonds is 7. The van der Waals surface area contributed by atoms with Gasteiger partial charge in [-0.25, -0.2) is 9.78 Å². The number of hydrogen-bond donors (Lipinski definition) is 1. The maximum absolute atomic E-state index is 12.4. The highest BCUT2D eigenvalue weighted by Gasteiger charge is 2.20. The molecule has 6 nitrogen and oxygen atoms in total. The number of pyridine rings is 1. The fourth-order valence-corrected chi connectivity index (χ4v) is 2.63. The highest BCUT2D eigenvalue weighted by Crippen LogP contribution is 2.22. The first-order valence-corrected chi connectivity index (χ1v) is 8.50. The van der Waals surface area contributed by atoms with E-state index in [1.807, 2.05) is 31.2 Å². The Kier molecular flexibility index (Phi) is 5.85. The highest BCUT2D eigenvalue weighted by molar-refractivity contribution is 5.95. The second-order valence-corrected chi connectivity index (χ2v) is 5.72. The number of ether oxygens (including phenoxy) is 3. The lowest BCUT2D eigenvalue weighted by molar-refractivity contribution is 0.0162. The zero-order valence-corrected chi connectivity index (χ0v) is 14.2. The predicted molar refractivity (Wildman–Crippen MR) is 94.4 cm³/mol. The van der Waals surface area contributed by atoms with Crippen LogP contribution in [0, 0.1) is 0 Å². The molecule has 1 N–H and O–H groups in total. The molecular formula is C19H22N2O4. The van der Waals surface area contributed by atoms with Gasteiger partial charge in [0.25, 0.3) is 0 Å². The van der Waals surface area contributed by atoms with Crippen molar-refractivity contribution in [3.8, 4) is 5.75 Å². The second kappa shape index (κ2) is 8.48. The number of benzene rings is 1. The Bertz CT molecular complexity index is 697. The maximum Gasteiger partial charge on any atom is 0.342 e. The minimum Gasteiger partial charge on any atom is -0.494 e. The van der Waals surface area contributed by atoms with Gasteiger partial charge >= 0.3 is 5.97 Å². The Labute approximate surface area is 147 Å². The summed E-state index contributed by atoms with van der Waals surface area (Å²) in [4.78, 5) is 16.6. The first-order valence-electron chi connectivity index (χ1n) is 8.50. The van der Waals surface area contributed by atoms with Crippen molar-refractivity contribution < 1.29 is 19.0 Å². The van der Waals surface area contributed by atoms with E-state index in [-0.39, 0.29) is 12.7 Å². The van der Waals surface area contributed by atoms with E-state index in [1.165, 1.54) is 0 Å². The predicted octanol–water partition coefficient (Wildman–Crippen LogP) is 3.56. The van der Waals surface area contributed by atoms with Gasteiger partial charge in [-0.05, 0) is 56.2 Å². The lowest BCUT2D eigenvalue weighted by Crippen LogP contribution is -2.18. The molecule has 0 amide bonds. The van der Waals surface area contributed by atoms with Gasteiger partial charge in [-0.15, -0.1) is 0 Å². The third kappa shape index (κ3) is 4.70. The summed E-state index contributed by atoms with van der Waals surface area (Å²) in [7, 11) is 0. The molecular weight excluding hydrogens is 320 g/mol. The van der Waals surface area contributed by atoms with Crippen molar-refractivity contribution in [1.29, 1.82) is 0 Å². The number of nitrogens with zero attached hydrogens (tertiary/aromatic N) is 1. The molecule has 1 aliphatic rings. The van der Waals surface area contributed by atoms with E-state index in [9.17, 15) is 4.79 Å². The van der Waals surface area contributed by atoms with Crippen molar-refractivity contribution in [1.82, 2.24) is 4.98 Å². The monoisotopic (exact) mass is 342 g/mol. The van der Waals surface area contributed by atoms with E-state index >= 15 is 0 Å². The molecule has 3 rings (SSSR count). The molecule has 1 aliphatic heterocycles. The highest BCUT2D eigenvalue weighted by atomic mass is 16.6. The fraction of sp³-hybridized carbons (Fsp3) is 0.368. The summed E-state index contributed by atoms with van der Waals surface area (Å²) in [6.07, 6.45) is 3.58. The molecule has 6 heteroatoms. The summed E-state index contributed by atoms with van der Waals surface area (Å²) in [6.45, 7) is 3.57. The van der Waals surface area contributed by atoms with E-state index in [4.69, 9.17) is 14.2 Å². The summed E-state index contributed by atoms with van der Waals surface area (Å²) in [6, 6.07) is 10.9. The molecule has 0 aliphatic carbocycles. The largest absolute Gasteiger partial charge is 0.494 e. The van der Waals surface area contributed by atoms with Gasteiger partial charge in [-0.3, -0.25) is 0 Å². The molecule has 1 atom stereocenters. The Balaban J connectivity index is 1.66. The van der Waals surface area contributed by atoms with Crippen LogP contribution < -0.4 is 10.1 Å². The SMILES string of the molecule is CCOc1ccc(Nc2ncccc2C(=O)OC[C@H]2CCCO2)cc1. The van der Waals surface area contributed by atoms with Gasteiger partial charge in [-0.1, -0.05) is 0 Å². The number of carbonyl (C=O) groups excluding carboxylic acids is 1. The van der Waals surface area contributed by atoms with E-state index < -0.39 is 5.97 Å². The molecule has 0 radical (unpaired) electrons. The summed E-state index contributed by atoms with van der Waals surface area (Å²) in [5, 5.41) is 3.15. The van der Waals surface area contributed by atoms with Crippen LogP contribution in [0.2, 0.25) is 0 Å². The average Bonchev–Trinajstić information content (AvgIpc) is 3.16. The number of aromatic nitrogens is 1. The zero-order chi connectivity index (χ0) is 17.5.